The van der Waals surface area contributed by atoms with Crippen molar-refractivity contribution in [2.24, 2.45) is 0 Å². The second-order valence-corrected chi connectivity index (χ2v) is 4.84. The van der Waals surface area contributed by atoms with Crippen molar-refractivity contribution < 1.29 is 18.0 Å². The molecule has 1 heterocycles. The summed E-state index contributed by atoms with van der Waals surface area (Å²) in [6, 6.07) is 5.25. The van der Waals surface area contributed by atoms with Gasteiger partial charge in [0.15, 0.2) is 0 Å². The normalized spacial score (nSPS) is 18.1. The maximum absolute atomic E-state index is 12.8. The lowest BCUT2D eigenvalue weighted by Crippen LogP contribution is -2.41. The van der Waals surface area contributed by atoms with Crippen LogP contribution in [-0.2, 0) is 17.4 Å². The first-order valence-electron chi connectivity index (χ1n) is 6.64. The molecule has 1 atom stereocenters. The van der Waals surface area contributed by atoms with Crippen molar-refractivity contribution in [3.05, 3.63) is 35.4 Å². The number of amides is 1. The van der Waals surface area contributed by atoms with Crippen molar-refractivity contribution in [1.82, 2.24) is 10.6 Å². The highest BCUT2D eigenvalue weighted by atomic mass is 35.5. The smallest absolute Gasteiger partial charge is 0.354 e. The Labute approximate surface area is 127 Å². The lowest BCUT2D eigenvalue weighted by Gasteiger charge is -2.14. The molecule has 1 aromatic rings. The van der Waals surface area contributed by atoms with Crippen molar-refractivity contribution in [3.63, 3.8) is 0 Å². The molecular weight excluding hydrogens is 305 g/mol. The Hall–Kier alpha value is -1.27. The van der Waals surface area contributed by atoms with Gasteiger partial charge in [-0.3, -0.25) is 4.79 Å². The zero-order valence-electron chi connectivity index (χ0n) is 11.4. The maximum Gasteiger partial charge on any atom is 0.416 e. The Morgan fingerprint density at radius 3 is 2.67 bits per heavy atom. The van der Waals surface area contributed by atoms with Gasteiger partial charge < -0.3 is 10.6 Å². The van der Waals surface area contributed by atoms with Gasteiger partial charge in [-0.1, -0.05) is 18.2 Å². The Balaban J connectivity index is 0.00000220. The Kier molecular flexibility index (Phi) is 6.48. The first-order valence-corrected chi connectivity index (χ1v) is 6.64. The molecule has 1 aliphatic heterocycles. The predicted molar refractivity (Wildman–Crippen MR) is 76.4 cm³/mol. The molecule has 2 rings (SSSR count). The topological polar surface area (TPSA) is 41.1 Å². The molecule has 1 unspecified atom stereocenters. The number of hydrogen-bond donors (Lipinski definition) is 2. The van der Waals surface area contributed by atoms with E-state index in [-0.39, 0.29) is 42.9 Å². The van der Waals surface area contributed by atoms with Crippen molar-refractivity contribution in [2.75, 3.05) is 13.1 Å². The van der Waals surface area contributed by atoms with Crippen LogP contribution in [0.25, 0.3) is 0 Å². The largest absolute Gasteiger partial charge is 0.416 e. The summed E-state index contributed by atoms with van der Waals surface area (Å²) in [5.41, 5.74) is -0.423. The fourth-order valence-corrected chi connectivity index (χ4v) is 2.37. The highest BCUT2D eigenvalue weighted by Gasteiger charge is 2.32. The van der Waals surface area contributed by atoms with Crippen LogP contribution in [0, 0.1) is 0 Å². The molecule has 1 fully saturated rings. The molecule has 0 spiro atoms. The van der Waals surface area contributed by atoms with Crippen molar-refractivity contribution in [1.29, 1.82) is 0 Å². The number of hydrogen-bond acceptors (Lipinski definition) is 2. The van der Waals surface area contributed by atoms with E-state index in [1.165, 1.54) is 12.1 Å². The summed E-state index contributed by atoms with van der Waals surface area (Å²) >= 11 is 0. The third-order valence-corrected chi connectivity index (χ3v) is 3.39. The molecule has 7 heteroatoms. The molecule has 2 N–H and O–H groups in total. The van der Waals surface area contributed by atoms with E-state index in [1.54, 1.807) is 6.07 Å². The van der Waals surface area contributed by atoms with Crippen LogP contribution < -0.4 is 10.6 Å². The lowest BCUT2D eigenvalue weighted by molar-refractivity contribution is -0.138. The van der Waals surface area contributed by atoms with E-state index in [1.807, 2.05) is 0 Å². The highest BCUT2D eigenvalue weighted by Crippen LogP contribution is 2.31. The van der Waals surface area contributed by atoms with Gasteiger partial charge in [0.05, 0.1) is 11.6 Å². The molecule has 1 aromatic carbocycles. The SMILES string of the molecule is Cl.O=C(NCCc1ccccc1C(F)(F)F)C1CCCN1. The van der Waals surface area contributed by atoms with Gasteiger partial charge in [-0.05, 0) is 37.4 Å². The number of rotatable bonds is 4. The number of carbonyl (C=O) groups excluding carboxylic acids is 1. The zero-order valence-corrected chi connectivity index (χ0v) is 12.2. The molecule has 21 heavy (non-hydrogen) atoms. The molecule has 0 saturated carbocycles. The Morgan fingerprint density at radius 2 is 2.05 bits per heavy atom. The highest BCUT2D eigenvalue weighted by molar-refractivity contribution is 5.85. The van der Waals surface area contributed by atoms with E-state index >= 15 is 0 Å². The van der Waals surface area contributed by atoms with Gasteiger partial charge in [-0.25, -0.2) is 0 Å². The summed E-state index contributed by atoms with van der Waals surface area (Å²) in [5, 5.41) is 5.73. The van der Waals surface area contributed by atoms with E-state index in [2.05, 4.69) is 10.6 Å². The van der Waals surface area contributed by atoms with Crippen molar-refractivity contribution in [2.45, 2.75) is 31.5 Å². The lowest BCUT2D eigenvalue weighted by atomic mass is 10.0. The molecule has 0 bridgehead atoms. The summed E-state index contributed by atoms with van der Waals surface area (Å²) in [4.78, 5) is 11.7. The first-order chi connectivity index (χ1) is 9.48. The van der Waals surface area contributed by atoms with Crippen LogP contribution in [0.2, 0.25) is 0 Å². The van der Waals surface area contributed by atoms with Crippen LogP contribution in [0.1, 0.15) is 24.0 Å². The maximum atomic E-state index is 12.8. The number of carbonyl (C=O) groups is 1. The van der Waals surface area contributed by atoms with Gasteiger partial charge in [0, 0.05) is 6.54 Å². The fourth-order valence-electron chi connectivity index (χ4n) is 2.37. The van der Waals surface area contributed by atoms with Gasteiger partial charge in [0.1, 0.15) is 0 Å². The van der Waals surface area contributed by atoms with Crippen LogP contribution in [0.5, 0.6) is 0 Å². The standard InChI is InChI=1S/C14H17F3N2O.ClH/c15-14(16,17)11-5-2-1-4-10(11)7-9-19-13(20)12-6-3-8-18-12;/h1-2,4-5,12,18H,3,6-9H2,(H,19,20);1H. The number of alkyl halides is 3. The quantitative estimate of drug-likeness (QED) is 0.894. The molecular formula is C14H18ClF3N2O. The summed E-state index contributed by atoms with van der Waals surface area (Å²) in [7, 11) is 0. The van der Waals surface area contributed by atoms with E-state index in [4.69, 9.17) is 0 Å². The Morgan fingerprint density at radius 1 is 1.33 bits per heavy atom. The first kappa shape index (κ1) is 17.8. The number of halogens is 4. The minimum Gasteiger partial charge on any atom is -0.354 e. The van der Waals surface area contributed by atoms with Crippen molar-refractivity contribution >= 4 is 18.3 Å². The molecule has 0 aliphatic carbocycles. The van der Waals surface area contributed by atoms with Gasteiger partial charge in [-0.2, -0.15) is 13.2 Å². The van der Waals surface area contributed by atoms with Crippen LogP contribution in [0.4, 0.5) is 13.2 Å². The zero-order chi connectivity index (χ0) is 14.6. The summed E-state index contributed by atoms with van der Waals surface area (Å²) in [5.74, 6) is -0.132. The van der Waals surface area contributed by atoms with Crippen LogP contribution >= 0.6 is 12.4 Å². The van der Waals surface area contributed by atoms with Gasteiger partial charge >= 0.3 is 6.18 Å². The van der Waals surface area contributed by atoms with E-state index in [0.29, 0.717) is 0 Å². The van der Waals surface area contributed by atoms with Crippen LogP contribution in [0.3, 0.4) is 0 Å². The van der Waals surface area contributed by atoms with Crippen LogP contribution in [-0.4, -0.2) is 25.0 Å². The van der Waals surface area contributed by atoms with Crippen molar-refractivity contribution in [3.8, 4) is 0 Å². The Bertz CT molecular complexity index is 474. The fraction of sp³-hybridized carbons (Fsp3) is 0.500. The minimum absolute atomic E-state index is 0. The van der Waals surface area contributed by atoms with E-state index in [9.17, 15) is 18.0 Å². The summed E-state index contributed by atoms with van der Waals surface area (Å²) in [6.45, 7) is 1.03. The van der Waals surface area contributed by atoms with Gasteiger partial charge in [0.2, 0.25) is 5.91 Å². The summed E-state index contributed by atoms with van der Waals surface area (Å²) < 4.78 is 38.3. The molecule has 0 aromatic heterocycles. The molecule has 0 radical (unpaired) electrons. The molecule has 1 amide bonds. The average Bonchev–Trinajstić information content (AvgIpc) is 2.92. The average molecular weight is 323 g/mol. The second-order valence-electron chi connectivity index (χ2n) is 4.84. The molecule has 1 aliphatic rings. The second kappa shape index (κ2) is 7.66. The number of benzene rings is 1. The number of nitrogens with one attached hydrogen (secondary N) is 2. The molecule has 3 nitrogen and oxygen atoms in total. The third-order valence-electron chi connectivity index (χ3n) is 3.39. The predicted octanol–water partition coefficient (Wildman–Crippen LogP) is 2.54. The van der Waals surface area contributed by atoms with Crippen LogP contribution in [0.15, 0.2) is 24.3 Å². The van der Waals surface area contributed by atoms with E-state index in [0.717, 1.165) is 25.5 Å². The van der Waals surface area contributed by atoms with Gasteiger partial charge in [-0.15, -0.1) is 12.4 Å². The summed E-state index contributed by atoms with van der Waals surface area (Å²) in [6.07, 6.45) is -2.44. The van der Waals surface area contributed by atoms with E-state index < -0.39 is 11.7 Å². The monoisotopic (exact) mass is 322 g/mol. The molecule has 118 valence electrons. The minimum atomic E-state index is -4.35. The third kappa shape index (κ3) is 4.89. The molecule has 1 saturated heterocycles. The van der Waals surface area contributed by atoms with Gasteiger partial charge in [0.25, 0.3) is 0 Å².